The molecule has 0 aliphatic rings. The van der Waals surface area contributed by atoms with E-state index in [0.29, 0.717) is 17.4 Å². The Balaban J connectivity index is 4.11. The average molecular weight is 819 g/mol. The van der Waals surface area contributed by atoms with Crippen LogP contribution in [0, 0.1) is 0 Å². The maximum Gasteiger partial charge on any atom is 0.268 e. The van der Waals surface area contributed by atoms with Crippen LogP contribution in [0.3, 0.4) is 0 Å². The lowest BCUT2D eigenvalue weighted by Crippen LogP contribution is -2.45. The van der Waals surface area contributed by atoms with Crippen LogP contribution < -0.4 is 10.2 Å². The summed E-state index contributed by atoms with van der Waals surface area (Å²) in [6.07, 6.45) is 52.7. The molecule has 0 spiro atoms. The highest BCUT2D eigenvalue weighted by Gasteiger charge is 2.23. The summed E-state index contributed by atoms with van der Waals surface area (Å²) in [5.41, 5.74) is 0. The number of unbranched alkanes of at least 4 members (excludes halogenated alkanes) is 17. The number of nitrogens with zero attached hydrogens (tertiary/aromatic N) is 1. The summed E-state index contributed by atoms with van der Waals surface area (Å²) in [5.74, 6) is -0.215. The SMILES string of the molecule is CC/C=C\C/C=C\C/C=C\C/C=C\CCCCCCCCCCCCCCCCC(=O)NC(COP(=O)([O-])OCC[N+](C)(C)C)C(O)/C=C/CC/C=C/CCCC. The Morgan fingerprint density at radius 1 is 0.632 bits per heavy atom. The minimum atomic E-state index is -4.59. The molecule has 0 bridgehead atoms. The van der Waals surface area contributed by atoms with Gasteiger partial charge < -0.3 is 28.8 Å². The summed E-state index contributed by atoms with van der Waals surface area (Å²) in [4.78, 5) is 25.2. The van der Waals surface area contributed by atoms with Gasteiger partial charge in [0, 0.05) is 6.42 Å². The molecule has 0 aromatic rings. The van der Waals surface area contributed by atoms with Gasteiger partial charge in [-0.2, -0.15) is 0 Å². The average Bonchev–Trinajstić information content (AvgIpc) is 3.16. The molecule has 0 radical (unpaired) electrons. The Labute approximate surface area is 351 Å². The predicted octanol–water partition coefficient (Wildman–Crippen LogP) is 12.2. The molecule has 0 fully saturated rings. The number of phosphoric ester groups is 1. The first-order valence-electron chi connectivity index (χ1n) is 22.8. The van der Waals surface area contributed by atoms with Crippen molar-refractivity contribution >= 4 is 13.7 Å². The first-order chi connectivity index (χ1) is 27.5. The molecular formula is C48H87N2O6P. The Kier molecular flexibility index (Phi) is 38.0. The molecule has 0 aliphatic carbocycles. The molecule has 0 aliphatic heterocycles. The van der Waals surface area contributed by atoms with E-state index < -0.39 is 26.6 Å². The fourth-order valence-corrected chi connectivity index (χ4v) is 6.75. The maximum atomic E-state index is 12.8. The minimum absolute atomic E-state index is 0.00942. The summed E-state index contributed by atoms with van der Waals surface area (Å²) < 4.78 is 23.1. The van der Waals surface area contributed by atoms with Crippen LogP contribution in [-0.4, -0.2) is 68.5 Å². The van der Waals surface area contributed by atoms with Crippen molar-refractivity contribution in [3.8, 4) is 0 Å². The van der Waals surface area contributed by atoms with Gasteiger partial charge in [-0.25, -0.2) is 0 Å². The predicted molar refractivity (Wildman–Crippen MR) is 242 cm³/mol. The highest BCUT2D eigenvalue weighted by Crippen LogP contribution is 2.38. The molecule has 0 saturated carbocycles. The van der Waals surface area contributed by atoms with Crippen molar-refractivity contribution in [3.05, 3.63) is 72.9 Å². The molecule has 8 nitrogen and oxygen atoms in total. The van der Waals surface area contributed by atoms with Gasteiger partial charge in [0.1, 0.15) is 13.2 Å². The third-order valence-electron chi connectivity index (χ3n) is 9.65. The molecule has 0 heterocycles. The first kappa shape index (κ1) is 54.9. The Hall–Kier alpha value is -2.06. The summed E-state index contributed by atoms with van der Waals surface area (Å²) in [5, 5.41) is 13.7. The van der Waals surface area contributed by atoms with E-state index in [1.54, 1.807) is 6.08 Å². The van der Waals surface area contributed by atoms with E-state index in [9.17, 15) is 19.4 Å². The lowest BCUT2D eigenvalue weighted by Gasteiger charge is -2.29. The van der Waals surface area contributed by atoms with Gasteiger partial charge in [-0.3, -0.25) is 9.36 Å². The second-order valence-corrected chi connectivity index (χ2v) is 17.8. The number of nitrogens with one attached hydrogen (secondary N) is 1. The third-order valence-corrected chi connectivity index (χ3v) is 10.6. The van der Waals surface area contributed by atoms with Gasteiger partial charge in [-0.15, -0.1) is 0 Å². The van der Waals surface area contributed by atoms with Gasteiger partial charge >= 0.3 is 0 Å². The molecule has 3 atom stereocenters. The van der Waals surface area contributed by atoms with E-state index in [1.165, 1.54) is 89.9 Å². The zero-order chi connectivity index (χ0) is 42.1. The second kappa shape index (κ2) is 39.4. The number of carbonyl (C=O) groups is 1. The molecule has 330 valence electrons. The standard InChI is InChI=1S/C48H87N2O6P/c1-6-8-10-12-14-16-17-18-19-20-21-22-23-24-25-26-27-28-29-30-31-32-33-34-36-38-40-42-48(52)49-46(45-56-57(53,54)55-44-43-50(3,4)5)47(51)41-39-37-35-15-13-11-9-7-2/h8,10,13-16,18-19,21-22,39,41,46-47,51H,6-7,9,11-12,17,20,23-38,40,42-45H2,1-5H3,(H-,49,52,53,54)/b10-8-,15-13+,16-14-,19-18-,22-21-,41-39+. The van der Waals surface area contributed by atoms with Crippen LogP contribution >= 0.6 is 7.82 Å². The number of quaternary nitrogens is 1. The number of amides is 1. The van der Waals surface area contributed by atoms with Gasteiger partial charge in [0.2, 0.25) is 5.91 Å². The molecule has 0 aromatic heterocycles. The van der Waals surface area contributed by atoms with Crippen molar-refractivity contribution in [3.63, 3.8) is 0 Å². The van der Waals surface area contributed by atoms with E-state index in [1.807, 2.05) is 27.2 Å². The van der Waals surface area contributed by atoms with Crippen molar-refractivity contribution in [2.45, 2.75) is 187 Å². The van der Waals surface area contributed by atoms with Crippen LogP contribution in [0.1, 0.15) is 174 Å². The van der Waals surface area contributed by atoms with Crippen LogP contribution in [0.4, 0.5) is 0 Å². The van der Waals surface area contributed by atoms with Crippen molar-refractivity contribution in [2.24, 2.45) is 0 Å². The third kappa shape index (κ3) is 41.9. The topological polar surface area (TPSA) is 108 Å². The van der Waals surface area contributed by atoms with Crippen molar-refractivity contribution in [1.29, 1.82) is 0 Å². The maximum absolute atomic E-state index is 12.8. The van der Waals surface area contributed by atoms with Gasteiger partial charge in [0.15, 0.2) is 0 Å². The number of phosphoric acid groups is 1. The monoisotopic (exact) mass is 819 g/mol. The second-order valence-electron chi connectivity index (χ2n) is 16.4. The van der Waals surface area contributed by atoms with Crippen molar-refractivity contribution in [1.82, 2.24) is 5.32 Å². The number of hydrogen-bond donors (Lipinski definition) is 2. The van der Waals surface area contributed by atoms with Crippen LogP contribution in [0.5, 0.6) is 0 Å². The fourth-order valence-electron chi connectivity index (χ4n) is 6.03. The van der Waals surface area contributed by atoms with Gasteiger partial charge in [0.05, 0.1) is 39.9 Å². The van der Waals surface area contributed by atoms with E-state index in [-0.39, 0.29) is 12.5 Å². The van der Waals surface area contributed by atoms with Crippen LogP contribution in [-0.2, 0) is 18.4 Å². The van der Waals surface area contributed by atoms with Crippen LogP contribution in [0.25, 0.3) is 0 Å². The lowest BCUT2D eigenvalue weighted by molar-refractivity contribution is -0.870. The van der Waals surface area contributed by atoms with Crippen molar-refractivity contribution in [2.75, 3.05) is 40.9 Å². The Morgan fingerprint density at radius 3 is 1.63 bits per heavy atom. The Morgan fingerprint density at radius 2 is 1.09 bits per heavy atom. The quantitative estimate of drug-likeness (QED) is 0.0276. The summed E-state index contributed by atoms with van der Waals surface area (Å²) in [6, 6.07) is -0.903. The largest absolute Gasteiger partial charge is 0.756 e. The molecular weight excluding hydrogens is 732 g/mol. The highest BCUT2D eigenvalue weighted by molar-refractivity contribution is 7.45. The number of likely N-dealkylation sites (N-methyl/N-ethyl adjacent to an activating group) is 1. The number of carbonyl (C=O) groups excluding carboxylic acids is 1. The number of rotatable bonds is 40. The molecule has 3 unspecified atom stereocenters. The molecule has 9 heteroatoms. The smallest absolute Gasteiger partial charge is 0.268 e. The first-order valence-corrected chi connectivity index (χ1v) is 24.3. The molecule has 0 saturated heterocycles. The number of aliphatic hydroxyl groups is 1. The Bertz CT molecular complexity index is 1160. The summed E-state index contributed by atoms with van der Waals surface area (Å²) in [7, 11) is 1.23. The van der Waals surface area contributed by atoms with Gasteiger partial charge in [-0.05, 0) is 64.2 Å². The van der Waals surface area contributed by atoms with Crippen LogP contribution in [0.15, 0.2) is 72.9 Å². The molecule has 1 amide bonds. The number of hydrogen-bond acceptors (Lipinski definition) is 6. The van der Waals surface area contributed by atoms with Crippen LogP contribution in [0.2, 0.25) is 0 Å². The number of aliphatic hydroxyl groups excluding tert-OH is 1. The van der Waals surface area contributed by atoms with E-state index in [2.05, 4.69) is 79.9 Å². The van der Waals surface area contributed by atoms with E-state index in [4.69, 9.17) is 9.05 Å². The lowest BCUT2D eigenvalue weighted by atomic mass is 10.0. The van der Waals surface area contributed by atoms with Gasteiger partial charge in [-0.1, -0.05) is 177 Å². The van der Waals surface area contributed by atoms with E-state index in [0.717, 1.165) is 64.2 Å². The summed E-state index contributed by atoms with van der Waals surface area (Å²) >= 11 is 0. The molecule has 0 rings (SSSR count). The zero-order valence-electron chi connectivity index (χ0n) is 37.3. The number of allylic oxidation sites excluding steroid dienone is 11. The van der Waals surface area contributed by atoms with Crippen molar-refractivity contribution < 1.29 is 32.9 Å². The highest BCUT2D eigenvalue weighted by atomic mass is 31.2. The summed E-state index contributed by atoms with van der Waals surface area (Å²) in [6.45, 7) is 4.42. The van der Waals surface area contributed by atoms with Gasteiger partial charge in [0.25, 0.3) is 7.82 Å². The molecule has 57 heavy (non-hydrogen) atoms. The molecule has 2 N–H and O–H groups in total. The molecule has 0 aromatic carbocycles. The minimum Gasteiger partial charge on any atom is -0.756 e. The fraction of sp³-hybridized carbons (Fsp3) is 0.729. The van der Waals surface area contributed by atoms with E-state index >= 15 is 0 Å². The zero-order valence-corrected chi connectivity index (χ0v) is 38.2. The normalized spacial score (nSPS) is 15.0.